The van der Waals surface area contributed by atoms with Crippen LogP contribution in [0.4, 0.5) is 16.2 Å². The van der Waals surface area contributed by atoms with Crippen molar-refractivity contribution in [1.29, 1.82) is 0 Å². The predicted molar refractivity (Wildman–Crippen MR) is 79.7 cm³/mol. The number of hydrogen-bond acceptors (Lipinski definition) is 4. The molecule has 0 bridgehead atoms. The quantitative estimate of drug-likeness (QED) is 0.884. The Balaban J connectivity index is 2.08. The first-order valence-corrected chi connectivity index (χ1v) is 6.73. The van der Waals surface area contributed by atoms with Crippen LogP contribution < -0.4 is 10.6 Å². The molecule has 0 aliphatic carbocycles. The molecule has 2 aromatic rings. The molecule has 0 saturated carbocycles. The van der Waals surface area contributed by atoms with Gasteiger partial charge in [-0.05, 0) is 31.5 Å². The molecule has 1 aromatic heterocycles. The lowest BCUT2D eigenvalue weighted by molar-refractivity contribution is 0.627. The molecule has 20 heavy (non-hydrogen) atoms. The van der Waals surface area contributed by atoms with Crippen molar-refractivity contribution in [2.75, 3.05) is 17.2 Å². The summed E-state index contributed by atoms with van der Waals surface area (Å²) in [6.07, 6.45) is 0. The normalized spacial score (nSPS) is 10.4. The first-order valence-electron chi connectivity index (χ1n) is 6.36. The Morgan fingerprint density at radius 2 is 2.00 bits per heavy atom. The second kappa shape index (κ2) is 6.52. The average Bonchev–Trinajstić information content (AvgIpc) is 2.40. The van der Waals surface area contributed by atoms with Crippen LogP contribution in [0.15, 0.2) is 24.3 Å². The predicted octanol–water partition coefficient (Wildman–Crippen LogP) is 3.62. The first-order chi connectivity index (χ1) is 9.58. The molecular weight excluding hydrogens is 279 g/mol. The summed E-state index contributed by atoms with van der Waals surface area (Å²) in [4.78, 5) is 8.61. The topological polar surface area (TPSA) is 49.8 Å². The first kappa shape index (κ1) is 14.5. The largest absolute Gasteiger partial charge is 0.366 e. The van der Waals surface area contributed by atoms with Gasteiger partial charge in [-0.25, -0.2) is 9.37 Å². The molecule has 0 spiro atoms. The van der Waals surface area contributed by atoms with Crippen molar-refractivity contribution in [2.45, 2.75) is 20.4 Å². The number of nitrogens with one attached hydrogen (secondary N) is 2. The fourth-order valence-electron chi connectivity index (χ4n) is 1.74. The van der Waals surface area contributed by atoms with E-state index in [-0.39, 0.29) is 5.02 Å². The Labute approximate surface area is 122 Å². The van der Waals surface area contributed by atoms with E-state index in [9.17, 15) is 4.39 Å². The molecule has 0 atom stereocenters. The van der Waals surface area contributed by atoms with Gasteiger partial charge < -0.3 is 10.6 Å². The van der Waals surface area contributed by atoms with E-state index in [0.717, 1.165) is 17.8 Å². The molecule has 0 aliphatic rings. The molecule has 0 amide bonds. The Bertz CT molecular complexity index is 604. The molecule has 1 heterocycles. The van der Waals surface area contributed by atoms with E-state index in [2.05, 4.69) is 20.6 Å². The third kappa shape index (κ3) is 3.81. The van der Waals surface area contributed by atoms with Gasteiger partial charge in [0.25, 0.3) is 0 Å². The van der Waals surface area contributed by atoms with Crippen LogP contribution in [-0.2, 0) is 6.54 Å². The van der Waals surface area contributed by atoms with Crippen LogP contribution in [0.1, 0.15) is 18.2 Å². The van der Waals surface area contributed by atoms with Crippen molar-refractivity contribution in [3.63, 3.8) is 0 Å². The van der Waals surface area contributed by atoms with Crippen LogP contribution in [-0.4, -0.2) is 16.5 Å². The van der Waals surface area contributed by atoms with Crippen molar-refractivity contribution in [3.8, 4) is 0 Å². The molecule has 2 N–H and O–H groups in total. The summed E-state index contributed by atoms with van der Waals surface area (Å²) in [5.74, 6) is 0.892. The minimum atomic E-state index is -0.414. The molecular formula is C14H16ClFN4. The Morgan fingerprint density at radius 3 is 2.70 bits per heavy atom. The minimum absolute atomic E-state index is 0.122. The fraction of sp³-hybridized carbons (Fsp3) is 0.286. The van der Waals surface area contributed by atoms with E-state index >= 15 is 0 Å². The molecule has 4 nitrogen and oxygen atoms in total. The molecule has 0 saturated heterocycles. The average molecular weight is 295 g/mol. The highest BCUT2D eigenvalue weighted by Gasteiger charge is 2.03. The lowest BCUT2D eigenvalue weighted by atomic mass is 10.2. The Hall–Kier alpha value is -1.88. The highest BCUT2D eigenvalue weighted by Crippen LogP contribution is 2.17. The van der Waals surface area contributed by atoms with Gasteiger partial charge >= 0.3 is 0 Å². The lowest BCUT2D eigenvalue weighted by Crippen LogP contribution is -2.07. The molecule has 1 aromatic carbocycles. The lowest BCUT2D eigenvalue weighted by Gasteiger charge is -2.09. The van der Waals surface area contributed by atoms with E-state index in [0.29, 0.717) is 18.3 Å². The molecule has 0 aliphatic heterocycles. The van der Waals surface area contributed by atoms with Gasteiger partial charge in [0.05, 0.1) is 5.02 Å². The van der Waals surface area contributed by atoms with Gasteiger partial charge in [0.15, 0.2) is 0 Å². The number of rotatable bonds is 5. The van der Waals surface area contributed by atoms with Crippen molar-refractivity contribution < 1.29 is 4.39 Å². The highest BCUT2D eigenvalue weighted by atomic mass is 35.5. The summed E-state index contributed by atoms with van der Waals surface area (Å²) in [5.41, 5.74) is 1.76. The zero-order chi connectivity index (χ0) is 14.5. The maximum absolute atomic E-state index is 13.1. The second-order valence-corrected chi connectivity index (χ2v) is 4.76. The second-order valence-electron chi connectivity index (χ2n) is 4.35. The van der Waals surface area contributed by atoms with Gasteiger partial charge in [-0.2, -0.15) is 4.98 Å². The number of benzene rings is 1. The Kier molecular flexibility index (Phi) is 4.74. The number of hydrogen-bond donors (Lipinski definition) is 2. The number of nitrogens with zero attached hydrogens (tertiary/aromatic N) is 2. The maximum Gasteiger partial charge on any atom is 0.224 e. The minimum Gasteiger partial charge on any atom is -0.366 e. The number of anilines is 2. The van der Waals surface area contributed by atoms with Gasteiger partial charge in [0, 0.05) is 24.8 Å². The van der Waals surface area contributed by atoms with Gasteiger partial charge in [-0.1, -0.05) is 17.7 Å². The fourth-order valence-corrected chi connectivity index (χ4v) is 1.94. The standard InChI is InChI=1S/C14H16ClFN4/c1-3-17-14-19-9(2)6-13(20-14)18-8-10-4-5-12(16)11(15)7-10/h4-7H,3,8H2,1-2H3,(H2,17,18,19,20). The van der Waals surface area contributed by atoms with Gasteiger partial charge in [0.2, 0.25) is 5.95 Å². The van der Waals surface area contributed by atoms with Crippen molar-refractivity contribution >= 4 is 23.4 Å². The summed E-state index contributed by atoms with van der Waals surface area (Å²) in [6.45, 7) is 5.17. The van der Waals surface area contributed by atoms with E-state index in [1.165, 1.54) is 6.07 Å². The van der Waals surface area contributed by atoms with Crippen LogP contribution in [0.3, 0.4) is 0 Å². The molecule has 0 unspecified atom stereocenters. The van der Waals surface area contributed by atoms with Crippen LogP contribution in [0, 0.1) is 12.7 Å². The summed E-state index contributed by atoms with van der Waals surface area (Å²) in [5, 5.41) is 6.37. The van der Waals surface area contributed by atoms with E-state index in [4.69, 9.17) is 11.6 Å². The third-order valence-electron chi connectivity index (χ3n) is 2.65. The smallest absolute Gasteiger partial charge is 0.224 e. The van der Waals surface area contributed by atoms with E-state index < -0.39 is 5.82 Å². The maximum atomic E-state index is 13.1. The summed E-state index contributed by atoms with van der Waals surface area (Å²) >= 11 is 5.75. The third-order valence-corrected chi connectivity index (χ3v) is 2.94. The Morgan fingerprint density at radius 1 is 1.20 bits per heavy atom. The molecule has 6 heteroatoms. The van der Waals surface area contributed by atoms with Gasteiger partial charge in [-0.3, -0.25) is 0 Å². The highest BCUT2D eigenvalue weighted by molar-refractivity contribution is 6.30. The van der Waals surface area contributed by atoms with Gasteiger partial charge in [-0.15, -0.1) is 0 Å². The zero-order valence-corrected chi connectivity index (χ0v) is 12.1. The number of aromatic nitrogens is 2. The van der Waals surface area contributed by atoms with Crippen LogP contribution >= 0.6 is 11.6 Å². The SMILES string of the molecule is CCNc1nc(C)cc(NCc2ccc(F)c(Cl)c2)n1. The molecule has 0 fully saturated rings. The summed E-state index contributed by atoms with van der Waals surface area (Å²) < 4.78 is 13.1. The monoisotopic (exact) mass is 294 g/mol. The number of aryl methyl sites for hydroxylation is 1. The van der Waals surface area contributed by atoms with Crippen molar-refractivity contribution in [1.82, 2.24) is 9.97 Å². The van der Waals surface area contributed by atoms with Crippen LogP contribution in [0.5, 0.6) is 0 Å². The molecule has 0 radical (unpaired) electrons. The summed E-state index contributed by atoms with van der Waals surface area (Å²) in [6, 6.07) is 6.50. The van der Waals surface area contributed by atoms with E-state index in [1.54, 1.807) is 12.1 Å². The van der Waals surface area contributed by atoms with Crippen LogP contribution in [0.2, 0.25) is 5.02 Å². The van der Waals surface area contributed by atoms with Gasteiger partial charge in [0.1, 0.15) is 11.6 Å². The van der Waals surface area contributed by atoms with E-state index in [1.807, 2.05) is 19.9 Å². The number of halogens is 2. The van der Waals surface area contributed by atoms with Crippen LogP contribution in [0.25, 0.3) is 0 Å². The molecule has 106 valence electrons. The zero-order valence-electron chi connectivity index (χ0n) is 11.4. The van der Waals surface area contributed by atoms with Crippen molar-refractivity contribution in [2.24, 2.45) is 0 Å². The van der Waals surface area contributed by atoms with Crippen molar-refractivity contribution in [3.05, 3.63) is 46.4 Å². The summed E-state index contributed by atoms with van der Waals surface area (Å²) in [7, 11) is 0. The molecule has 2 rings (SSSR count).